The zero-order valence-corrected chi connectivity index (χ0v) is 17.4. The van der Waals surface area contributed by atoms with Crippen molar-refractivity contribution < 1.29 is 8.42 Å². The number of hydrogen-bond donors (Lipinski definition) is 2. The zero-order valence-electron chi connectivity index (χ0n) is 16.6. The highest BCUT2D eigenvalue weighted by molar-refractivity contribution is 7.87. The number of hydrogen-bond acceptors (Lipinski definition) is 3. The van der Waals surface area contributed by atoms with Gasteiger partial charge in [-0.1, -0.05) is 19.1 Å². The van der Waals surface area contributed by atoms with Gasteiger partial charge in [-0.25, -0.2) is 0 Å². The number of rotatable bonds is 5. The monoisotopic (exact) mass is 390 g/mol. The van der Waals surface area contributed by atoms with Crippen LogP contribution in [0.25, 0.3) is 10.9 Å². The number of nitrogens with zero attached hydrogens (tertiary/aromatic N) is 2. The molecule has 2 heterocycles. The van der Waals surface area contributed by atoms with Crippen LogP contribution in [0, 0.1) is 6.92 Å². The molecule has 0 saturated carbocycles. The van der Waals surface area contributed by atoms with Crippen molar-refractivity contribution in [1.29, 1.82) is 0 Å². The van der Waals surface area contributed by atoms with Crippen LogP contribution in [0.5, 0.6) is 0 Å². The van der Waals surface area contributed by atoms with Crippen molar-refractivity contribution in [1.82, 2.24) is 18.9 Å². The number of aromatic amines is 1. The van der Waals surface area contributed by atoms with Crippen molar-refractivity contribution in [3.05, 3.63) is 35.0 Å². The van der Waals surface area contributed by atoms with Crippen LogP contribution in [0.3, 0.4) is 0 Å². The third-order valence-electron chi connectivity index (χ3n) is 6.22. The third kappa shape index (κ3) is 3.20. The second kappa shape index (κ2) is 6.88. The van der Waals surface area contributed by atoms with Gasteiger partial charge in [0.1, 0.15) is 0 Å². The molecule has 148 valence electrons. The van der Waals surface area contributed by atoms with E-state index in [2.05, 4.69) is 46.7 Å². The molecule has 4 rings (SSSR count). The first-order valence-corrected chi connectivity index (χ1v) is 11.3. The van der Waals surface area contributed by atoms with Crippen molar-refractivity contribution in [2.45, 2.75) is 51.1 Å². The van der Waals surface area contributed by atoms with Gasteiger partial charge in [-0.3, -0.25) is 4.90 Å². The fourth-order valence-corrected chi connectivity index (χ4v) is 5.81. The fraction of sp³-hybridized carbons (Fsp3) is 0.600. The molecule has 0 spiro atoms. The first-order valence-electron chi connectivity index (χ1n) is 9.85. The van der Waals surface area contributed by atoms with Gasteiger partial charge in [0.05, 0.1) is 0 Å². The number of nitrogens with one attached hydrogen (secondary N) is 2. The molecule has 2 aromatic rings. The fourth-order valence-electron chi connectivity index (χ4n) is 5.01. The van der Waals surface area contributed by atoms with E-state index in [9.17, 15) is 8.42 Å². The minimum absolute atomic E-state index is 0.0676. The minimum atomic E-state index is -3.43. The van der Waals surface area contributed by atoms with Crippen molar-refractivity contribution in [2.24, 2.45) is 0 Å². The molecule has 2 N–H and O–H groups in total. The summed E-state index contributed by atoms with van der Waals surface area (Å²) in [7, 11) is -0.277. The van der Waals surface area contributed by atoms with Crippen molar-refractivity contribution >= 4 is 21.1 Å². The summed E-state index contributed by atoms with van der Waals surface area (Å²) in [5, 5.41) is 1.36. The molecular formula is C20H30N4O2S. The highest BCUT2D eigenvalue weighted by Gasteiger charge is 2.42. The lowest BCUT2D eigenvalue weighted by Gasteiger charge is -2.47. The molecular weight excluding hydrogens is 360 g/mol. The average molecular weight is 391 g/mol. The van der Waals surface area contributed by atoms with Crippen LogP contribution in [-0.4, -0.2) is 61.9 Å². The van der Waals surface area contributed by atoms with Gasteiger partial charge in [0, 0.05) is 55.2 Å². The molecule has 7 heteroatoms. The van der Waals surface area contributed by atoms with Crippen LogP contribution >= 0.6 is 0 Å². The molecule has 1 aromatic carbocycles. The molecule has 0 unspecified atom stereocenters. The Morgan fingerprint density at radius 3 is 2.81 bits per heavy atom. The molecule has 0 bridgehead atoms. The SMILES string of the molecule is CCCN1C[C@@H](NS(=O)(=O)N(C)C)C[C@@H]2c3cccc4[nH]c(C)c(c34)C[C@H]21. The number of aromatic nitrogens is 1. The van der Waals surface area contributed by atoms with E-state index in [1.165, 1.54) is 32.0 Å². The van der Waals surface area contributed by atoms with Crippen molar-refractivity contribution in [3.63, 3.8) is 0 Å². The summed E-state index contributed by atoms with van der Waals surface area (Å²) in [5.41, 5.74) is 5.28. The van der Waals surface area contributed by atoms with Gasteiger partial charge in [0.25, 0.3) is 10.2 Å². The van der Waals surface area contributed by atoms with E-state index in [1.54, 1.807) is 14.1 Å². The van der Waals surface area contributed by atoms with Crippen LogP contribution in [0.4, 0.5) is 0 Å². The Morgan fingerprint density at radius 1 is 1.33 bits per heavy atom. The Bertz CT molecular complexity index is 950. The number of piperidine rings is 1. The normalized spacial score (nSPS) is 25.9. The van der Waals surface area contributed by atoms with E-state index >= 15 is 0 Å². The number of likely N-dealkylation sites (tertiary alicyclic amines) is 1. The summed E-state index contributed by atoms with van der Waals surface area (Å²) >= 11 is 0. The molecule has 0 radical (unpaired) electrons. The standard InChI is InChI=1S/C20H30N4O2S/c1-5-9-24-12-14(22-27(25,26)23(3)4)10-17-15-7-6-8-18-20(15)16(11-19(17)24)13(2)21-18/h6-8,14,17,19,21-22H,5,9-12H2,1-4H3/t14-,17+,19+/m0/s1. The number of fused-ring (bicyclic) bond motifs is 2. The Labute approximate surface area is 162 Å². The van der Waals surface area contributed by atoms with Crippen LogP contribution < -0.4 is 4.72 Å². The van der Waals surface area contributed by atoms with E-state index in [4.69, 9.17) is 0 Å². The molecule has 1 aromatic heterocycles. The molecule has 27 heavy (non-hydrogen) atoms. The highest BCUT2D eigenvalue weighted by Crippen LogP contribution is 2.44. The van der Waals surface area contributed by atoms with Crippen molar-refractivity contribution in [2.75, 3.05) is 27.2 Å². The number of benzene rings is 1. The Kier molecular flexibility index (Phi) is 4.83. The molecule has 1 aliphatic carbocycles. The summed E-state index contributed by atoms with van der Waals surface area (Å²) < 4.78 is 29.0. The summed E-state index contributed by atoms with van der Waals surface area (Å²) in [6, 6.07) is 6.88. The molecule has 1 fully saturated rings. The second-order valence-corrected chi connectivity index (χ2v) is 10.1. The molecule has 1 saturated heterocycles. The van der Waals surface area contributed by atoms with Gasteiger partial charge in [-0.15, -0.1) is 0 Å². The van der Waals surface area contributed by atoms with Crippen LogP contribution in [0.15, 0.2) is 18.2 Å². The van der Waals surface area contributed by atoms with E-state index in [0.29, 0.717) is 12.0 Å². The van der Waals surface area contributed by atoms with Crippen LogP contribution in [-0.2, 0) is 16.6 Å². The van der Waals surface area contributed by atoms with E-state index in [-0.39, 0.29) is 6.04 Å². The molecule has 3 atom stereocenters. The minimum Gasteiger partial charge on any atom is -0.358 e. The first kappa shape index (κ1) is 18.9. The van der Waals surface area contributed by atoms with Gasteiger partial charge in [-0.05, 0) is 49.9 Å². The van der Waals surface area contributed by atoms with Gasteiger partial charge < -0.3 is 4.98 Å². The topological polar surface area (TPSA) is 68.4 Å². The van der Waals surface area contributed by atoms with Gasteiger partial charge in [0.15, 0.2) is 0 Å². The Balaban J connectivity index is 1.73. The Hall–Kier alpha value is -1.41. The largest absolute Gasteiger partial charge is 0.358 e. The quantitative estimate of drug-likeness (QED) is 0.824. The summed E-state index contributed by atoms with van der Waals surface area (Å²) in [6.07, 6.45) is 2.96. The predicted molar refractivity (Wildman–Crippen MR) is 109 cm³/mol. The lowest BCUT2D eigenvalue weighted by atomic mass is 9.73. The molecule has 0 amide bonds. The van der Waals surface area contributed by atoms with Crippen LogP contribution in [0.2, 0.25) is 0 Å². The summed E-state index contributed by atoms with van der Waals surface area (Å²) in [5.74, 6) is 0.353. The smallest absolute Gasteiger partial charge is 0.279 e. The summed E-state index contributed by atoms with van der Waals surface area (Å²) in [6.45, 7) is 6.13. The van der Waals surface area contributed by atoms with E-state index in [0.717, 1.165) is 32.4 Å². The maximum Gasteiger partial charge on any atom is 0.279 e. The molecule has 6 nitrogen and oxygen atoms in total. The third-order valence-corrected chi connectivity index (χ3v) is 7.81. The highest BCUT2D eigenvalue weighted by atomic mass is 32.2. The van der Waals surface area contributed by atoms with Gasteiger partial charge >= 0.3 is 0 Å². The Morgan fingerprint density at radius 2 is 2.11 bits per heavy atom. The maximum absolute atomic E-state index is 12.4. The number of aryl methyl sites for hydroxylation is 1. The lowest BCUT2D eigenvalue weighted by molar-refractivity contribution is 0.105. The molecule has 1 aliphatic heterocycles. The maximum atomic E-state index is 12.4. The van der Waals surface area contributed by atoms with Crippen molar-refractivity contribution in [3.8, 4) is 0 Å². The first-order chi connectivity index (χ1) is 12.8. The van der Waals surface area contributed by atoms with Crippen LogP contribution in [0.1, 0.15) is 42.5 Å². The summed E-state index contributed by atoms with van der Waals surface area (Å²) in [4.78, 5) is 6.05. The second-order valence-electron chi connectivity index (χ2n) is 8.21. The van der Waals surface area contributed by atoms with E-state index < -0.39 is 10.2 Å². The lowest BCUT2D eigenvalue weighted by Crippen LogP contribution is -2.57. The van der Waals surface area contributed by atoms with Gasteiger partial charge in [0.2, 0.25) is 0 Å². The number of H-pyrrole nitrogens is 1. The zero-order chi connectivity index (χ0) is 19.3. The molecule has 2 aliphatic rings. The van der Waals surface area contributed by atoms with Gasteiger partial charge in [-0.2, -0.15) is 17.4 Å². The average Bonchev–Trinajstić information content (AvgIpc) is 2.92. The van der Waals surface area contributed by atoms with E-state index in [1.807, 2.05) is 0 Å². The predicted octanol–water partition coefficient (Wildman–Crippen LogP) is 2.36.